The summed E-state index contributed by atoms with van der Waals surface area (Å²) in [5.74, 6) is -0.541. The lowest BCUT2D eigenvalue weighted by molar-refractivity contribution is -0.137. The second-order valence-electron chi connectivity index (χ2n) is 5.40. The van der Waals surface area contributed by atoms with Crippen LogP contribution in [0.15, 0.2) is 59.5 Å². The molecule has 1 aliphatic rings. The van der Waals surface area contributed by atoms with Crippen LogP contribution in [0.25, 0.3) is 6.08 Å². The van der Waals surface area contributed by atoms with Gasteiger partial charge in [-0.2, -0.15) is 13.2 Å². The van der Waals surface area contributed by atoms with Gasteiger partial charge in [-0.15, -0.1) is 0 Å². The van der Waals surface area contributed by atoms with Crippen molar-refractivity contribution in [1.29, 1.82) is 0 Å². The highest BCUT2D eigenvalue weighted by molar-refractivity contribution is 8.18. The maximum Gasteiger partial charge on any atom is 0.418 e. The Morgan fingerprint density at radius 1 is 1.00 bits per heavy atom. The van der Waals surface area contributed by atoms with Crippen molar-refractivity contribution in [1.82, 2.24) is 4.90 Å². The molecule has 0 radical (unpaired) electrons. The van der Waals surface area contributed by atoms with Gasteiger partial charge in [-0.3, -0.25) is 14.5 Å². The molecule has 0 spiro atoms. The normalized spacial score (nSPS) is 16.4. The third-order valence-corrected chi connectivity index (χ3v) is 4.54. The minimum atomic E-state index is -4.53. The van der Waals surface area contributed by atoms with E-state index in [4.69, 9.17) is 0 Å². The zero-order chi connectivity index (χ0) is 18.7. The van der Waals surface area contributed by atoms with Crippen molar-refractivity contribution in [2.24, 2.45) is 0 Å². The first-order chi connectivity index (χ1) is 12.4. The molecule has 2 aromatic carbocycles. The van der Waals surface area contributed by atoms with E-state index in [1.807, 2.05) is 6.07 Å². The number of hydrogen-bond donors (Lipinski definition) is 1. The van der Waals surface area contributed by atoms with Crippen molar-refractivity contribution < 1.29 is 22.8 Å². The number of carbonyl (C=O) groups is 2. The SMILES string of the molecule is O=C1SC(=Cc2ccccc2)C(=O)N1CNc1ccccc1C(F)(F)F. The van der Waals surface area contributed by atoms with Gasteiger partial charge in [0.15, 0.2) is 0 Å². The minimum absolute atomic E-state index is 0.189. The Hall–Kier alpha value is -2.74. The molecule has 8 heteroatoms. The number of rotatable bonds is 4. The van der Waals surface area contributed by atoms with E-state index in [9.17, 15) is 22.8 Å². The summed E-state index contributed by atoms with van der Waals surface area (Å²) >= 11 is 0.758. The number of benzene rings is 2. The van der Waals surface area contributed by atoms with E-state index in [0.29, 0.717) is 0 Å². The number of anilines is 1. The summed E-state index contributed by atoms with van der Waals surface area (Å²) in [6.07, 6.45) is -2.95. The van der Waals surface area contributed by atoms with Crippen LogP contribution in [0.3, 0.4) is 0 Å². The summed E-state index contributed by atoms with van der Waals surface area (Å²) in [5.41, 5.74) is -0.286. The monoisotopic (exact) mass is 378 g/mol. The molecule has 1 N–H and O–H groups in total. The number of para-hydroxylation sites is 1. The molecule has 134 valence electrons. The van der Waals surface area contributed by atoms with Crippen molar-refractivity contribution in [3.05, 3.63) is 70.6 Å². The van der Waals surface area contributed by atoms with Gasteiger partial charge in [0.2, 0.25) is 0 Å². The first-order valence-corrected chi connectivity index (χ1v) is 8.38. The van der Waals surface area contributed by atoms with Gasteiger partial charge in [0.25, 0.3) is 11.1 Å². The average molecular weight is 378 g/mol. The zero-order valence-electron chi connectivity index (χ0n) is 13.3. The first kappa shape index (κ1) is 18.1. The molecule has 0 aliphatic carbocycles. The van der Waals surface area contributed by atoms with Crippen LogP contribution >= 0.6 is 11.8 Å². The number of alkyl halides is 3. The Morgan fingerprint density at radius 3 is 2.35 bits per heavy atom. The number of thioether (sulfide) groups is 1. The van der Waals surface area contributed by atoms with Gasteiger partial charge < -0.3 is 5.32 Å². The number of halogens is 3. The lowest BCUT2D eigenvalue weighted by Crippen LogP contribution is -2.33. The molecule has 26 heavy (non-hydrogen) atoms. The second-order valence-corrected chi connectivity index (χ2v) is 6.39. The molecule has 1 saturated heterocycles. The average Bonchev–Trinajstić information content (AvgIpc) is 2.87. The molecule has 0 aromatic heterocycles. The topological polar surface area (TPSA) is 49.4 Å². The summed E-state index contributed by atoms with van der Waals surface area (Å²) < 4.78 is 39.0. The summed E-state index contributed by atoms with van der Waals surface area (Å²) in [6, 6.07) is 13.9. The predicted octanol–water partition coefficient (Wildman–Crippen LogP) is 4.81. The summed E-state index contributed by atoms with van der Waals surface area (Å²) in [6.45, 7) is -0.343. The molecule has 0 unspecified atom stereocenters. The van der Waals surface area contributed by atoms with Gasteiger partial charge in [0, 0.05) is 5.69 Å². The van der Waals surface area contributed by atoms with E-state index in [-0.39, 0.29) is 17.3 Å². The van der Waals surface area contributed by atoms with Crippen molar-refractivity contribution >= 4 is 34.7 Å². The summed E-state index contributed by atoms with van der Waals surface area (Å²) in [4.78, 5) is 25.5. The molecule has 1 heterocycles. The first-order valence-electron chi connectivity index (χ1n) is 7.57. The largest absolute Gasteiger partial charge is 0.418 e. The van der Waals surface area contributed by atoms with E-state index < -0.39 is 22.9 Å². The van der Waals surface area contributed by atoms with Crippen LogP contribution in [0.1, 0.15) is 11.1 Å². The zero-order valence-corrected chi connectivity index (χ0v) is 14.1. The van der Waals surface area contributed by atoms with Crippen LogP contribution < -0.4 is 5.32 Å². The molecule has 1 fully saturated rings. The second kappa shape index (κ2) is 7.25. The number of imide groups is 1. The third-order valence-electron chi connectivity index (χ3n) is 3.63. The van der Waals surface area contributed by atoms with Gasteiger partial charge in [0.1, 0.15) is 0 Å². The lowest BCUT2D eigenvalue weighted by atomic mass is 10.1. The van der Waals surface area contributed by atoms with E-state index in [1.54, 1.807) is 30.3 Å². The van der Waals surface area contributed by atoms with Gasteiger partial charge in [0.05, 0.1) is 17.1 Å². The van der Waals surface area contributed by atoms with Gasteiger partial charge in [-0.1, -0.05) is 42.5 Å². The highest BCUT2D eigenvalue weighted by atomic mass is 32.2. The quantitative estimate of drug-likeness (QED) is 0.776. The van der Waals surface area contributed by atoms with Crippen LogP contribution in [0.2, 0.25) is 0 Å². The van der Waals surface area contributed by atoms with Gasteiger partial charge in [-0.25, -0.2) is 0 Å². The fourth-order valence-electron chi connectivity index (χ4n) is 2.39. The number of nitrogens with one attached hydrogen (secondary N) is 1. The molecule has 0 bridgehead atoms. The predicted molar refractivity (Wildman–Crippen MR) is 94.2 cm³/mol. The van der Waals surface area contributed by atoms with Gasteiger partial charge >= 0.3 is 6.18 Å². The highest BCUT2D eigenvalue weighted by Gasteiger charge is 2.36. The molecule has 0 atom stereocenters. The fourth-order valence-corrected chi connectivity index (χ4v) is 3.22. The molecular formula is C18H13F3N2O2S. The van der Waals surface area contributed by atoms with Crippen molar-refractivity contribution in [2.45, 2.75) is 6.18 Å². The minimum Gasteiger partial charge on any atom is -0.367 e. The van der Waals surface area contributed by atoms with E-state index in [1.165, 1.54) is 18.2 Å². The van der Waals surface area contributed by atoms with E-state index >= 15 is 0 Å². The van der Waals surface area contributed by atoms with Crippen LogP contribution in [-0.4, -0.2) is 22.7 Å². The summed E-state index contributed by atoms with van der Waals surface area (Å²) in [5, 5.41) is 2.00. The third kappa shape index (κ3) is 3.91. The van der Waals surface area contributed by atoms with Crippen LogP contribution in [-0.2, 0) is 11.0 Å². The number of hydrogen-bond acceptors (Lipinski definition) is 4. The van der Waals surface area contributed by atoms with E-state index in [2.05, 4.69) is 5.32 Å². The Morgan fingerprint density at radius 2 is 1.65 bits per heavy atom. The smallest absolute Gasteiger partial charge is 0.367 e. The lowest BCUT2D eigenvalue weighted by Gasteiger charge is -2.18. The standard InChI is InChI=1S/C18H13F3N2O2S/c19-18(20,21)13-8-4-5-9-14(13)22-11-23-16(24)15(26-17(23)25)10-12-6-2-1-3-7-12/h1-10,22H,11H2. The van der Waals surface area contributed by atoms with Crippen molar-refractivity contribution in [3.63, 3.8) is 0 Å². The summed E-state index contributed by atoms with van der Waals surface area (Å²) in [7, 11) is 0. The highest BCUT2D eigenvalue weighted by Crippen LogP contribution is 2.35. The Labute approximate surface area is 151 Å². The van der Waals surface area contributed by atoms with Crippen molar-refractivity contribution in [2.75, 3.05) is 12.0 Å². The maximum absolute atomic E-state index is 13.0. The Balaban J connectivity index is 1.75. The molecule has 1 aliphatic heterocycles. The Bertz CT molecular complexity index is 866. The molecule has 2 amide bonds. The Kier molecular flexibility index (Phi) is 5.03. The van der Waals surface area contributed by atoms with E-state index in [0.717, 1.165) is 28.3 Å². The van der Waals surface area contributed by atoms with Crippen LogP contribution in [0.4, 0.5) is 23.7 Å². The maximum atomic E-state index is 13.0. The van der Waals surface area contributed by atoms with Gasteiger partial charge in [-0.05, 0) is 35.5 Å². The van der Waals surface area contributed by atoms with Crippen LogP contribution in [0, 0.1) is 0 Å². The van der Waals surface area contributed by atoms with Crippen molar-refractivity contribution in [3.8, 4) is 0 Å². The fraction of sp³-hybridized carbons (Fsp3) is 0.111. The number of nitrogens with zero attached hydrogens (tertiary/aromatic N) is 1. The molecule has 0 saturated carbocycles. The number of carbonyl (C=O) groups excluding carboxylic acids is 2. The molecule has 2 aromatic rings. The molecule has 3 rings (SSSR count). The molecule has 4 nitrogen and oxygen atoms in total. The molecular weight excluding hydrogens is 365 g/mol. The number of amides is 2. The van der Waals surface area contributed by atoms with Crippen LogP contribution in [0.5, 0.6) is 0 Å².